The monoisotopic (exact) mass is 219 g/mol. The minimum atomic E-state index is -0.125. The van der Waals surface area contributed by atoms with Gasteiger partial charge in [0.05, 0.1) is 6.10 Å². The Morgan fingerprint density at radius 1 is 1.25 bits per heavy atom. The lowest BCUT2D eigenvalue weighted by Gasteiger charge is -2.30. The van der Waals surface area contributed by atoms with E-state index < -0.39 is 0 Å². The largest absolute Gasteiger partial charge is 0.392 e. The summed E-state index contributed by atoms with van der Waals surface area (Å²) in [4.78, 5) is 2.35. The van der Waals surface area contributed by atoms with Crippen LogP contribution in [0.25, 0.3) is 0 Å². The molecule has 1 aromatic carbocycles. The van der Waals surface area contributed by atoms with Gasteiger partial charge in [-0.25, -0.2) is 0 Å². The summed E-state index contributed by atoms with van der Waals surface area (Å²) in [5.74, 6) is 0. The van der Waals surface area contributed by atoms with Gasteiger partial charge in [-0.05, 0) is 38.8 Å². The lowest BCUT2D eigenvalue weighted by Crippen LogP contribution is -2.37. The Morgan fingerprint density at radius 3 is 2.56 bits per heavy atom. The van der Waals surface area contributed by atoms with Gasteiger partial charge in [-0.15, -0.1) is 0 Å². The number of aliphatic hydroxyl groups is 1. The van der Waals surface area contributed by atoms with Crippen molar-refractivity contribution < 1.29 is 5.11 Å². The van der Waals surface area contributed by atoms with E-state index in [-0.39, 0.29) is 6.10 Å². The molecule has 16 heavy (non-hydrogen) atoms. The maximum absolute atomic E-state index is 9.63. The predicted molar refractivity (Wildman–Crippen MR) is 66.4 cm³/mol. The number of hydrogen-bond acceptors (Lipinski definition) is 2. The molecule has 1 aliphatic heterocycles. The van der Waals surface area contributed by atoms with E-state index in [2.05, 4.69) is 36.9 Å². The highest BCUT2D eigenvalue weighted by Crippen LogP contribution is 2.15. The van der Waals surface area contributed by atoms with Gasteiger partial charge in [-0.2, -0.15) is 0 Å². The number of aliphatic hydroxyl groups excluding tert-OH is 1. The second-order valence-corrected chi connectivity index (χ2v) is 5.03. The first-order valence-corrected chi connectivity index (χ1v) is 6.11. The summed E-state index contributed by atoms with van der Waals surface area (Å²) in [5, 5.41) is 9.63. The van der Waals surface area contributed by atoms with E-state index in [1.165, 1.54) is 16.7 Å². The highest BCUT2D eigenvalue weighted by atomic mass is 16.3. The molecule has 1 saturated heterocycles. The minimum absolute atomic E-state index is 0.125. The Labute approximate surface area is 97.9 Å². The Morgan fingerprint density at radius 2 is 1.94 bits per heavy atom. The second-order valence-electron chi connectivity index (χ2n) is 5.03. The van der Waals surface area contributed by atoms with Crippen LogP contribution in [0.4, 0.5) is 0 Å². The Balaban J connectivity index is 2.02. The molecule has 0 radical (unpaired) electrons. The summed E-state index contributed by atoms with van der Waals surface area (Å²) in [6.45, 7) is 7.19. The molecule has 1 N–H and O–H groups in total. The van der Waals surface area contributed by atoms with Crippen LogP contribution in [-0.2, 0) is 6.54 Å². The SMILES string of the molecule is Cc1cc(C)cc(CN2CCC[C@H](O)C2)c1. The molecule has 2 nitrogen and oxygen atoms in total. The zero-order valence-electron chi connectivity index (χ0n) is 10.2. The predicted octanol–water partition coefficient (Wildman–Crippen LogP) is 2.26. The van der Waals surface area contributed by atoms with Crippen LogP contribution in [0.15, 0.2) is 18.2 Å². The van der Waals surface area contributed by atoms with Gasteiger partial charge in [0.1, 0.15) is 0 Å². The second kappa shape index (κ2) is 4.98. The van der Waals surface area contributed by atoms with Crippen molar-refractivity contribution in [3.05, 3.63) is 34.9 Å². The summed E-state index contributed by atoms with van der Waals surface area (Å²) in [5.41, 5.74) is 4.02. The lowest BCUT2D eigenvalue weighted by molar-refractivity contribution is 0.0668. The molecule has 0 amide bonds. The van der Waals surface area contributed by atoms with E-state index in [1.807, 2.05) is 0 Å². The highest BCUT2D eigenvalue weighted by Gasteiger charge is 2.17. The molecule has 2 heteroatoms. The molecule has 1 atom stereocenters. The van der Waals surface area contributed by atoms with Crippen molar-refractivity contribution in [3.8, 4) is 0 Å². The normalized spacial score (nSPS) is 22.3. The fraction of sp³-hybridized carbons (Fsp3) is 0.571. The van der Waals surface area contributed by atoms with Gasteiger partial charge >= 0.3 is 0 Å². The number of likely N-dealkylation sites (tertiary alicyclic amines) is 1. The summed E-state index contributed by atoms with van der Waals surface area (Å²) in [7, 11) is 0. The van der Waals surface area contributed by atoms with E-state index in [1.54, 1.807) is 0 Å². The van der Waals surface area contributed by atoms with Crippen molar-refractivity contribution in [1.29, 1.82) is 0 Å². The molecule has 0 aliphatic carbocycles. The molecule has 88 valence electrons. The highest BCUT2D eigenvalue weighted by molar-refractivity contribution is 5.28. The molecular weight excluding hydrogens is 198 g/mol. The van der Waals surface area contributed by atoms with Gasteiger partial charge in [0, 0.05) is 13.1 Å². The molecule has 0 spiro atoms. The summed E-state index contributed by atoms with van der Waals surface area (Å²) < 4.78 is 0. The van der Waals surface area contributed by atoms with E-state index in [0.29, 0.717) is 0 Å². The van der Waals surface area contributed by atoms with Crippen LogP contribution in [0.2, 0.25) is 0 Å². The average Bonchev–Trinajstić information content (AvgIpc) is 2.15. The van der Waals surface area contributed by atoms with E-state index in [0.717, 1.165) is 32.5 Å². The van der Waals surface area contributed by atoms with Crippen molar-refractivity contribution >= 4 is 0 Å². The number of benzene rings is 1. The standard InChI is InChI=1S/C14H21NO/c1-11-6-12(2)8-13(7-11)9-15-5-3-4-14(16)10-15/h6-8,14,16H,3-5,9-10H2,1-2H3/t14-/m0/s1. The fourth-order valence-electron chi connectivity index (χ4n) is 2.59. The zero-order valence-corrected chi connectivity index (χ0v) is 10.2. The quantitative estimate of drug-likeness (QED) is 0.824. The first kappa shape index (κ1) is 11.6. The molecule has 0 unspecified atom stereocenters. The van der Waals surface area contributed by atoms with Crippen LogP contribution in [-0.4, -0.2) is 29.2 Å². The molecular formula is C14H21NO. The Bertz CT molecular complexity index is 342. The Hall–Kier alpha value is -0.860. The van der Waals surface area contributed by atoms with Crippen LogP contribution in [0, 0.1) is 13.8 Å². The first-order valence-electron chi connectivity index (χ1n) is 6.11. The number of nitrogens with zero attached hydrogens (tertiary/aromatic N) is 1. The van der Waals surface area contributed by atoms with Gasteiger partial charge < -0.3 is 5.11 Å². The van der Waals surface area contributed by atoms with E-state index in [9.17, 15) is 5.11 Å². The zero-order chi connectivity index (χ0) is 11.5. The fourth-order valence-corrected chi connectivity index (χ4v) is 2.59. The van der Waals surface area contributed by atoms with Crippen molar-refractivity contribution in [2.45, 2.75) is 39.3 Å². The van der Waals surface area contributed by atoms with Crippen molar-refractivity contribution in [3.63, 3.8) is 0 Å². The van der Waals surface area contributed by atoms with Crippen molar-refractivity contribution in [1.82, 2.24) is 4.90 Å². The average molecular weight is 219 g/mol. The molecule has 1 aliphatic rings. The number of rotatable bonds is 2. The van der Waals surface area contributed by atoms with Crippen LogP contribution in [0.1, 0.15) is 29.5 Å². The van der Waals surface area contributed by atoms with Crippen LogP contribution >= 0.6 is 0 Å². The van der Waals surface area contributed by atoms with Crippen LogP contribution in [0.5, 0.6) is 0 Å². The number of β-amino-alcohol motifs (C(OH)–C–C–N with tert-alkyl or cyclic N) is 1. The molecule has 0 aromatic heterocycles. The molecule has 2 rings (SSSR count). The summed E-state index contributed by atoms with van der Waals surface area (Å²) in [6, 6.07) is 6.69. The third kappa shape index (κ3) is 3.06. The maximum atomic E-state index is 9.63. The lowest BCUT2D eigenvalue weighted by atomic mass is 10.0. The minimum Gasteiger partial charge on any atom is -0.392 e. The van der Waals surface area contributed by atoms with Gasteiger partial charge in [0.25, 0.3) is 0 Å². The van der Waals surface area contributed by atoms with Gasteiger partial charge in [0.15, 0.2) is 0 Å². The number of aryl methyl sites for hydroxylation is 2. The molecule has 1 aromatic rings. The van der Waals surface area contributed by atoms with Crippen molar-refractivity contribution in [2.75, 3.05) is 13.1 Å². The first-order chi connectivity index (χ1) is 7.63. The maximum Gasteiger partial charge on any atom is 0.0667 e. The third-order valence-electron chi connectivity index (χ3n) is 3.17. The van der Waals surface area contributed by atoms with Gasteiger partial charge in [-0.3, -0.25) is 4.90 Å². The summed E-state index contributed by atoms with van der Waals surface area (Å²) in [6.07, 6.45) is 1.95. The van der Waals surface area contributed by atoms with E-state index >= 15 is 0 Å². The summed E-state index contributed by atoms with van der Waals surface area (Å²) >= 11 is 0. The van der Waals surface area contributed by atoms with E-state index in [4.69, 9.17) is 0 Å². The number of hydrogen-bond donors (Lipinski definition) is 1. The molecule has 1 heterocycles. The van der Waals surface area contributed by atoms with Crippen molar-refractivity contribution in [2.24, 2.45) is 0 Å². The van der Waals surface area contributed by atoms with Gasteiger partial charge in [0.2, 0.25) is 0 Å². The molecule has 1 fully saturated rings. The van der Waals surface area contributed by atoms with Gasteiger partial charge in [-0.1, -0.05) is 29.3 Å². The van der Waals surface area contributed by atoms with Crippen LogP contribution < -0.4 is 0 Å². The topological polar surface area (TPSA) is 23.5 Å². The molecule has 0 bridgehead atoms. The smallest absolute Gasteiger partial charge is 0.0667 e. The van der Waals surface area contributed by atoms with Crippen LogP contribution in [0.3, 0.4) is 0 Å². The third-order valence-corrected chi connectivity index (χ3v) is 3.17. The molecule has 0 saturated carbocycles. The number of piperidine rings is 1. The Kier molecular flexibility index (Phi) is 3.62.